The smallest absolute Gasteiger partial charge is 0.129 e. The second kappa shape index (κ2) is 10.2. The van der Waals surface area contributed by atoms with Gasteiger partial charge < -0.3 is 4.90 Å². The molecule has 3 nitrogen and oxygen atoms in total. The van der Waals surface area contributed by atoms with Crippen molar-refractivity contribution < 1.29 is 0 Å². The summed E-state index contributed by atoms with van der Waals surface area (Å²) in [6, 6.07) is 34.7. The minimum atomic E-state index is -0.0404. The molecule has 0 amide bonds. The number of hydrogen-bond acceptors (Lipinski definition) is 4. The second-order valence-corrected chi connectivity index (χ2v) is 12.2. The maximum absolute atomic E-state index is 8.99. The molecule has 4 heteroatoms. The van der Waals surface area contributed by atoms with Gasteiger partial charge in [0.15, 0.2) is 0 Å². The minimum absolute atomic E-state index is 0.0404. The van der Waals surface area contributed by atoms with E-state index in [9.17, 15) is 0 Å². The van der Waals surface area contributed by atoms with Gasteiger partial charge in [-0.15, -0.1) is 11.8 Å². The first-order chi connectivity index (χ1) is 19.4. The van der Waals surface area contributed by atoms with Gasteiger partial charge in [-0.05, 0) is 82.8 Å². The molecule has 1 heterocycles. The van der Waals surface area contributed by atoms with Crippen molar-refractivity contribution in [2.24, 2.45) is 5.92 Å². The highest BCUT2D eigenvalue weighted by Crippen LogP contribution is 2.62. The maximum atomic E-state index is 8.99. The average molecular weight is 536 g/mol. The lowest BCUT2D eigenvalue weighted by Gasteiger charge is -2.29. The van der Waals surface area contributed by atoms with Gasteiger partial charge in [0.2, 0.25) is 0 Å². The molecule has 0 bridgehead atoms. The van der Waals surface area contributed by atoms with E-state index in [0.29, 0.717) is 11.2 Å². The van der Waals surface area contributed by atoms with Crippen LogP contribution in [0.1, 0.15) is 35.8 Å². The van der Waals surface area contributed by atoms with Crippen LogP contribution in [0.2, 0.25) is 0 Å². The zero-order valence-corrected chi connectivity index (χ0v) is 23.6. The van der Waals surface area contributed by atoms with E-state index in [0.717, 1.165) is 17.1 Å². The van der Waals surface area contributed by atoms with Crippen LogP contribution in [0.15, 0.2) is 120 Å². The van der Waals surface area contributed by atoms with E-state index >= 15 is 0 Å². The Morgan fingerprint density at radius 3 is 2.27 bits per heavy atom. The fourth-order valence-corrected chi connectivity index (χ4v) is 7.50. The number of anilines is 3. The molecule has 0 saturated carbocycles. The van der Waals surface area contributed by atoms with Crippen LogP contribution in [-0.2, 0) is 5.41 Å². The SMILES string of the molecule is Cc1ccc(N(c2ccc3c(c2)C(C)(C)C2C=C(/C=C/C=C(C#N)C#N)SC32)c2ccc3ccccc3c2)cc1. The number of aryl methyl sites for hydroxylation is 1. The molecule has 194 valence electrons. The Morgan fingerprint density at radius 2 is 1.52 bits per heavy atom. The molecule has 4 aromatic rings. The van der Waals surface area contributed by atoms with Crippen molar-refractivity contribution in [2.45, 2.75) is 31.4 Å². The summed E-state index contributed by atoms with van der Waals surface area (Å²) in [7, 11) is 0. The Morgan fingerprint density at radius 1 is 0.850 bits per heavy atom. The van der Waals surface area contributed by atoms with Gasteiger partial charge >= 0.3 is 0 Å². The van der Waals surface area contributed by atoms with Crippen molar-refractivity contribution >= 4 is 39.6 Å². The highest BCUT2D eigenvalue weighted by molar-refractivity contribution is 8.03. The van der Waals surface area contributed by atoms with E-state index in [1.807, 2.05) is 36.1 Å². The van der Waals surface area contributed by atoms with Gasteiger partial charge in [0.05, 0.1) is 0 Å². The Balaban J connectivity index is 1.39. The molecule has 0 saturated heterocycles. The summed E-state index contributed by atoms with van der Waals surface area (Å²) >= 11 is 1.87. The summed E-state index contributed by atoms with van der Waals surface area (Å²) in [6.45, 7) is 6.82. The molecule has 0 fully saturated rings. The van der Waals surface area contributed by atoms with Gasteiger partial charge in [-0.2, -0.15) is 10.5 Å². The van der Waals surface area contributed by atoms with Crippen molar-refractivity contribution in [1.82, 2.24) is 0 Å². The fraction of sp³-hybridized carbons (Fsp3) is 0.167. The van der Waals surface area contributed by atoms with E-state index in [1.165, 1.54) is 32.4 Å². The number of thioether (sulfide) groups is 1. The molecule has 2 unspecified atom stereocenters. The molecule has 0 spiro atoms. The third-order valence-electron chi connectivity index (χ3n) is 8.11. The predicted octanol–water partition coefficient (Wildman–Crippen LogP) is 9.73. The summed E-state index contributed by atoms with van der Waals surface area (Å²) in [5.41, 5.74) is 7.53. The Labute approximate surface area is 240 Å². The monoisotopic (exact) mass is 535 g/mol. The van der Waals surface area contributed by atoms with E-state index in [2.05, 4.69) is 117 Å². The number of hydrogen-bond donors (Lipinski definition) is 0. The van der Waals surface area contributed by atoms with Crippen molar-refractivity contribution in [1.29, 1.82) is 10.5 Å². The third kappa shape index (κ3) is 4.51. The second-order valence-electron chi connectivity index (χ2n) is 11.0. The number of rotatable bonds is 5. The van der Waals surface area contributed by atoms with Crippen LogP contribution >= 0.6 is 11.8 Å². The molecule has 0 N–H and O–H groups in total. The highest BCUT2D eigenvalue weighted by Gasteiger charge is 2.48. The number of nitrogens with zero attached hydrogens (tertiary/aromatic N) is 3. The van der Waals surface area contributed by atoms with Gasteiger partial charge in [0.1, 0.15) is 17.7 Å². The molecule has 1 aliphatic carbocycles. The van der Waals surface area contributed by atoms with E-state index in [1.54, 1.807) is 6.08 Å². The normalized spacial score (nSPS) is 18.5. The van der Waals surface area contributed by atoms with Gasteiger partial charge in [0.25, 0.3) is 0 Å². The minimum Gasteiger partial charge on any atom is -0.310 e. The lowest BCUT2D eigenvalue weighted by atomic mass is 9.78. The maximum Gasteiger partial charge on any atom is 0.129 e. The van der Waals surface area contributed by atoms with Crippen LogP contribution < -0.4 is 4.90 Å². The predicted molar refractivity (Wildman–Crippen MR) is 167 cm³/mol. The molecule has 1 aliphatic heterocycles. The van der Waals surface area contributed by atoms with Crippen LogP contribution in [0.25, 0.3) is 10.8 Å². The Kier molecular flexibility index (Phi) is 6.59. The van der Waals surface area contributed by atoms with Crippen LogP contribution in [-0.4, -0.2) is 0 Å². The van der Waals surface area contributed by atoms with Gasteiger partial charge in [-0.1, -0.05) is 80.1 Å². The third-order valence-corrected chi connectivity index (χ3v) is 9.46. The summed E-state index contributed by atoms with van der Waals surface area (Å²) in [4.78, 5) is 3.55. The van der Waals surface area contributed by atoms with Gasteiger partial charge in [-0.3, -0.25) is 0 Å². The molecule has 0 aromatic heterocycles. The molecule has 6 rings (SSSR count). The molecule has 40 heavy (non-hydrogen) atoms. The van der Waals surface area contributed by atoms with Gasteiger partial charge in [-0.25, -0.2) is 0 Å². The molecule has 2 aliphatic rings. The highest BCUT2D eigenvalue weighted by atomic mass is 32.2. The molecule has 4 aromatic carbocycles. The lowest BCUT2D eigenvalue weighted by Crippen LogP contribution is -2.22. The van der Waals surface area contributed by atoms with Crippen molar-refractivity contribution in [3.63, 3.8) is 0 Å². The number of benzene rings is 4. The number of allylic oxidation sites excluding steroid dienone is 5. The Hall–Kier alpha value is -4.51. The zero-order chi connectivity index (χ0) is 27.9. The zero-order valence-electron chi connectivity index (χ0n) is 22.8. The average Bonchev–Trinajstić information content (AvgIpc) is 3.49. The van der Waals surface area contributed by atoms with Gasteiger partial charge in [0, 0.05) is 33.1 Å². The van der Waals surface area contributed by atoms with Crippen molar-refractivity contribution in [2.75, 3.05) is 4.90 Å². The van der Waals surface area contributed by atoms with Crippen LogP contribution in [0.5, 0.6) is 0 Å². The lowest BCUT2D eigenvalue weighted by molar-refractivity contribution is 0.418. The first-order valence-corrected chi connectivity index (χ1v) is 14.3. The quantitative estimate of drug-likeness (QED) is 0.188. The van der Waals surface area contributed by atoms with Crippen LogP contribution in [0.4, 0.5) is 17.1 Å². The summed E-state index contributed by atoms with van der Waals surface area (Å²) in [5.74, 6) is 0.367. The van der Waals surface area contributed by atoms with E-state index < -0.39 is 0 Å². The standard InChI is InChI=1S/C36H29N3S/c1-24-11-14-28(15-12-24)39(29-16-13-26-8-4-5-9-27(26)19-29)30-17-18-32-33(20-30)36(2,3)34-21-31(40-35(32)34)10-6-7-25(22-37)23-38/h4-21,34-35H,1-3H3/b10-6+. The molecule has 0 radical (unpaired) electrons. The number of fused-ring (bicyclic) bond motifs is 4. The first kappa shape index (κ1) is 25.8. The largest absolute Gasteiger partial charge is 0.310 e. The van der Waals surface area contributed by atoms with Crippen molar-refractivity contribution in [3.8, 4) is 12.1 Å². The topological polar surface area (TPSA) is 50.8 Å². The summed E-state index contributed by atoms with van der Waals surface area (Å²) in [5, 5.41) is 20.8. The first-order valence-electron chi connectivity index (χ1n) is 13.5. The van der Waals surface area contributed by atoms with E-state index in [-0.39, 0.29) is 11.0 Å². The number of nitriles is 2. The van der Waals surface area contributed by atoms with Crippen LogP contribution in [0.3, 0.4) is 0 Å². The van der Waals surface area contributed by atoms with Crippen molar-refractivity contribution in [3.05, 3.63) is 136 Å². The Bertz CT molecular complexity index is 1780. The van der Waals surface area contributed by atoms with Crippen LogP contribution in [0, 0.1) is 35.5 Å². The molecule has 2 atom stereocenters. The summed E-state index contributed by atoms with van der Waals surface area (Å²) < 4.78 is 0. The summed E-state index contributed by atoms with van der Waals surface area (Å²) in [6.07, 6.45) is 7.76. The molecular weight excluding hydrogens is 506 g/mol. The molecular formula is C36H29N3S. The fourth-order valence-electron chi connectivity index (χ4n) is 5.93. The van der Waals surface area contributed by atoms with E-state index in [4.69, 9.17) is 10.5 Å².